The first-order valence-corrected chi connectivity index (χ1v) is 6.16. The number of amides is 2. The van der Waals surface area contributed by atoms with Gasteiger partial charge in [0.1, 0.15) is 11.7 Å². The van der Waals surface area contributed by atoms with Crippen molar-refractivity contribution in [2.75, 3.05) is 25.7 Å². The van der Waals surface area contributed by atoms with E-state index in [0.29, 0.717) is 0 Å². The van der Waals surface area contributed by atoms with Crippen LogP contribution in [0, 0.1) is 0 Å². The first-order chi connectivity index (χ1) is 9.27. The lowest BCUT2D eigenvalue weighted by Gasteiger charge is -2.19. The number of aromatic nitrogens is 1. The second-order valence-electron chi connectivity index (χ2n) is 5.22. The highest BCUT2D eigenvalue weighted by Gasteiger charge is 2.45. The van der Waals surface area contributed by atoms with Crippen molar-refractivity contribution in [1.29, 1.82) is 0 Å². The largest absolute Gasteiger partial charge is 0.382 e. The Balaban J connectivity index is 2.28. The summed E-state index contributed by atoms with van der Waals surface area (Å²) in [5, 5.41) is 13.8. The average molecular weight is 287 g/mol. The molecule has 0 saturated carbocycles. The maximum absolute atomic E-state index is 13.8. The van der Waals surface area contributed by atoms with Crippen molar-refractivity contribution < 1.29 is 23.6 Å². The minimum absolute atomic E-state index is 0.00804. The first-order valence-electron chi connectivity index (χ1n) is 6.16. The van der Waals surface area contributed by atoms with E-state index in [9.17, 15) is 14.3 Å². The fraction of sp³-hybridized carbons (Fsp3) is 0.667. The van der Waals surface area contributed by atoms with Gasteiger partial charge in [-0.25, -0.2) is 14.1 Å². The number of anilines is 1. The van der Waals surface area contributed by atoms with Crippen LogP contribution in [0.4, 0.5) is 15.1 Å². The minimum Gasteiger partial charge on any atom is -0.382 e. The molecular formula is C12H18FN3O4. The lowest BCUT2D eigenvalue weighted by Crippen LogP contribution is -2.39. The van der Waals surface area contributed by atoms with Gasteiger partial charge in [0.05, 0.1) is 6.61 Å². The van der Waals surface area contributed by atoms with Gasteiger partial charge in [-0.15, -0.1) is 0 Å². The van der Waals surface area contributed by atoms with Crippen molar-refractivity contribution >= 4 is 11.9 Å². The Morgan fingerprint density at radius 1 is 1.60 bits per heavy atom. The predicted octanol–water partition coefficient (Wildman–Crippen LogP) is 1.08. The van der Waals surface area contributed by atoms with Gasteiger partial charge in [-0.3, -0.25) is 0 Å². The van der Waals surface area contributed by atoms with Crippen molar-refractivity contribution in [3.05, 3.63) is 11.8 Å². The Kier molecular flexibility index (Phi) is 3.70. The number of carbonyl (C=O) groups is 1. The van der Waals surface area contributed by atoms with Crippen molar-refractivity contribution in [2.45, 2.75) is 31.8 Å². The van der Waals surface area contributed by atoms with Crippen LogP contribution in [0.25, 0.3) is 0 Å². The molecular weight excluding hydrogens is 269 g/mol. The summed E-state index contributed by atoms with van der Waals surface area (Å²) in [5.74, 6) is 0.00804. The Bertz CT molecular complexity index is 499. The van der Waals surface area contributed by atoms with Crippen LogP contribution in [0.2, 0.25) is 0 Å². The molecule has 1 fully saturated rings. The van der Waals surface area contributed by atoms with Gasteiger partial charge in [0, 0.05) is 20.2 Å². The van der Waals surface area contributed by atoms with Gasteiger partial charge in [-0.2, -0.15) is 0 Å². The molecule has 1 saturated heterocycles. The van der Waals surface area contributed by atoms with Crippen LogP contribution in [-0.2, 0) is 10.4 Å². The average Bonchev–Trinajstić information content (AvgIpc) is 2.90. The molecule has 1 N–H and O–H groups in total. The van der Waals surface area contributed by atoms with Crippen LogP contribution < -0.4 is 4.90 Å². The molecule has 2 amide bonds. The van der Waals surface area contributed by atoms with Crippen LogP contribution in [-0.4, -0.2) is 54.2 Å². The summed E-state index contributed by atoms with van der Waals surface area (Å²) < 4.78 is 23.7. The zero-order chi connectivity index (χ0) is 15.1. The molecule has 112 valence electrons. The SMILES string of the molecule is COCC1C(O)N(c2cc(C(C)(C)F)no2)C(=O)N1C. The fourth-order valence-electron chi connectivity index (χ4n) is 2.05. The lowest BCUT2D eigenvalue weighted by molar-refractivity contribution is 0.0622. The molecule has 1 aliphatic heterocycles. The second kappa shape index (κ2) is 5.02. The summed E-state index contributed by atoms with van der Waals surface area (Å²) >= 11 is 0. The van der Waals surface area contributed by atoms with Crippen LogP contribution in [0.3, 0.4) is 0 Å². The third kappa shape index (κ3) is 2.36. The maximum atomic E-state index is 13.8. The molecule has 8 heteroatoms. The van der Waals surface area contributed by atoms with Crippen molar-refractivity contribution in [2.24, 2.45) is 0 Å². The monoisotopic (exact) mass is 287 g/mol. The Labute approximate surface area is 115 Å². The highest BCUT2D eigenvalue weighted by atomic mass is 19.1. The number of aliphatic hydroxyl groups is 1. The molecule has 1 aromatic heterocycles. The summed E-state index contributed by atoms with van der Waals surface area (Å²) in [7, 11) is 3.03. The summed E-state index contributed by atoms with van der Waals surface area (Å²) in [6, 6.07) is 0.322. The van der Waals surface area contributed by atoms with Gasteiger partial charge in [0.25, 0.3) is 0 Å². The number of likely N-dealkylation sites (N-methyl/N-ethyl adjacent to an activating group) is 1. The molecule has 7 nitrogen and oxygen atoms in total. The third-order valence-electron chi connectivity index (χ3n) is 3.30. The highest BCUT2D eigenvalue weighted by Crippen LogP contribution is 2.31. The number of methoxy groups -OCH3 is 1. The minimum atomic E-state index is -1.69. The van der Waals surface area contributed by atoms with Crippen LogP contribution in [0.5, 0.6) is 0 Å². The van der Waals surface area contributed by atoms with E-state index in [1.807, 2.05) is 0 Å². The number of urea groups is 1. The van der Waals surface area contributed by atoms with Gasteiger partial charge < -0.3 is 19.3 Å². The van der Waals surface area contributed by atoms with Gasteiger partial charge >= 0.3 is 6.03 Å². The number of carbonyl (C=O) groups excluding carboxylic acids is 1. The highest BCUT2D eigenvalue weighted by molar-refractivity contribution is 5.93. The topological polar surface area (TPSA) is 79.0 Å². The molecule has 0 spiro atoms. The first kappa shape index (κ1) is 14.7. The standard InChI is InChI=1S/C12H18FN3O4/c1-12(2,13)8-5-9(20-14-8)16-10(17)7(6-19-4)15(3)11(16)18/h5,7,10,17H,6H2,1-4H3. The van der Waals surface area contributed by atoms with Gasteiger partial charge in [-0.05, 0) is 13.8 Å². The van der Waals surface area contributed by atoms with E-state index in [4.69, 9.17) is 9.26 Å². The molecule has 2 heterocycles. The van der Waals surface area contributed by atoms with E-state index in [-0.39, 0.29) is 18.2 Å². The van der Waals surface area contributed by atoms with Crippen LogP contribution in [0.1, 0.15) is 19.5 Å². The van der Waals surface area contributed by atoms with E-state index in [0.717, 1.165) is 4.90 Å². The molecule has 1 aromatic rings. The number of rotatable bonds is 4. The number of hydrogen-bond donors (Lipinski definition) is 1. The Morgan fingerprint density at radius 3 is 2.75 bits per heavy atom. The van der Waals surface area contributed by atoms with Crippen molar-refractivity contribution in [3.8, 4) is 0 Å². The van der Waals surface area contributed by atoms with Crippen LogP contribution >= 0.6 is 0 Å². The summed E-state index contributed by atoms with van der Waals surface area (Å²) in [6.45, 7) is 2.84. The van der Waals surface area contributed by atoms with Crippen molar-refractivity contribution in [1.82, 2.24) is 10.1 Å². The van der Waals surface area contributed by atoms with Gasteiger partial charge in [-0.1, -0.05) is 5.16 Å². The molecule has 2 rings (SSSR count). The van der Waals surface area contributed by atoms with E-state index in [1.54, 1.807) is 7.05 Å². The number of halogens is 1. The van der Waals surface area contributed by atoms with E-state index in [2.05, 4.69) is 5.16 Å². The van der Waals surface area contributed by atoms with E-state index in [1.165, 1.54) is 31.9 Å². The van der Waals surface area contributed by atoms with Crippen molar-refractivity contribution in [3.63, 3.8) is 0 Å². The smallest absolute Gasteiger partial charge is 0.329 e. The second-order valence-corrected chi connectivity index (χ2v) is 5.22. The summed E-state index contributed by atoms with van der Waals surface area (Å²) in [4.78, 5) is 14.5. The summed E-state index contributed by atoms with van der Waals surface area (Å²) in [5.41, 5.74) is -1.63. The third-order valence-corrected chi connectivity index (χ3v) is 3.30. The van der Waals surface area contributed by atoms with E-state index < -0.39 is 24.0 Å². The van der Waals surface area contributed by atoms with E-state index >= 15 is 0 Å². The normalized spacial score (nSPS) is 23.8. The quantitative estimate of drug-likeness (QED) is 0.896. The molecule has 20 heavy (non-hydrogen) atoms. The molecule has 1 aliphatic rings. The Morgan fingerprint density at radius 2 is 2.25 bits per heavy atom. The fourth-order valence-corrected chi connectivity index (χ4v) is 2.05. The number of hydrogen-bond acceptors (Lipinski definition) is 5. The molecule has 0 bridgehead atoms. The Hall–Kier alpha value is -1.67. The molecule has 0 aliphatic carbocycles. The predicted molar refractivity (Wildman–Crippen MR) is 67.9 cm³/mol. The number of aliphatic hydroxyl groups excluding tert-OH is 1. The maximum Gasteiger partial charge on any atom is 0.329 e. The number of alkyl halides is 1. The van der Waals surface area contributed by atoms with Crippen LogP contribution in [0.15, 0.2) is 10.6 Å². The molecule has 0 aromatic carbocycles. The zero-order valence-corrected chi connectivity index (χ0v) is 11.8. The number of nitrogens with zero attached hydrogens (tertiary/aromatic N) is 3. The molecule has 0 radical (unpaired) electrons. The molecule has 2 atom stereocenters. The van der Waals surface area contributed by atoms with Gasteiger partial charge in [0.15, 0.2) is 11.9 Å². The van der Waals surface area contributed by atoms with Gasteiger partial charge in [0.2, 0.25) is 5.88 Å². The number of ether oxygens (including phenoxy) is 1. The zero-order valence-electron chi connectivity index (χ0n) is 11.8. The summed E-state index contributed by atoms with van der Waals surface area (Å²) in [6.07, 6.45) is -1.14. The lowest BCUT2D eigenvalue weighted by atomic mass is 10.1. The molecule has 2 unspecified atom stereocenters.